The molecule has 0 N–H and O–H groups in total. The van der Waals surface area contributed by atoms with E-state index in [2.05, 4.69) is 9.97 Å². The summed E-state index contributed by atoms with van der Waals surface area (Å²) in [6.07, 6.45) is 3.88. The van der Waals surface area contributed by atoms with Crippen molar-refractivity contribution < 1.29 is 4.79 Å². The van der Waals surface area contributed by atoms with E-state index in [1.807, 2.05) is 6.92 Å². The molecule has 0 atom stereocenters. The fourth-order valence-corrected chi connectivity index (χ4v) is 0.934. The lowest BCUT2D eigenvalue weighted by atomic mass is 10.1. The smallest absolute Gasteiger partial charge is 0.178 e. The summed E-state index contributed by atoms with van der Waals surface area (Å²) < 4.78 is 0. The van der Waals surface area contributed by atoms with Crippen molar-refractivity contribution in [2.45, 2.75) is 20.3 Å². The van der Waals surface area contributed by atoms with Crippen LogP contribution in [-0.4, -0.2) is 15.8 Å². The van der Waals surface area contributed by atoms with Gasteiger partial charge in [0.25, 0.3) is 0 Å². The molecule has 1 rings (SSSR count). The van der Waals surface area contributed by atoms with E-state index in [4.69, 9.17) is 0 Å². The summed E-state index contributed by atoms with van der Waals surface area (Å²) in [5.74, 6) is 0.00394. The number of carbonyl (C=O) groups is 1. The van der Waals surface area contributed by atoms with Gasteiger partial charge in [-0.1, -0.05) is 6.92 Å². The highest BCUT2D eigenvalue weighted by molar-refractivity contribution is 5.93. The third kappa shape index (κ3) is 1.61. The second kappa shape index (κ2) is 3.23. The molecule has 3 heteroatoms. The van der Waals surface area contributed by atoms with Crippen molar-refractivity contribution in [3.63, 3.8) is 0 Å². The standard InChI is InChI=1S/C8H10N2O/c1-3-7-4-9-5-10-8(7)6(2)11/h4-5H,3H2,1-2H3. The van der Waals surface area contributed by atoms with Crippen LogP contribution in [-0.2, 0) is 6.42 Å². The second-order valence-corrected chi connectivity index (χ2v) is 2.31. The summed E-state index contributed by atoms with van der Waals surface area (Å²) in [5.41, 5.74) is 1.46. The molecule has 0 aliphatic carbocycles. The molecule has 1 aromatic rings. The maximum atomic E-state index is 10.9. The molecule has 1 aromatic heterocycles. The maximum absolute atomic E-state index is 10.9. The van der Waals surface area contributed by atoms with Crippen LogP contribution in [0.1, 0.15) is 29.9 Å². The topological polar surface area (TPSA) is 42.9 Å². The quantitative estimate of drug-likeness (QED) is 0.596. The number of carbonyl (C=O) groups excluding carboxylic acids is 1. The van der Waals surface area contributed by atoms with Gasteiger partial charge in [-0.25, -0.2) is 9.97 Å². The molecule has 0 spiro atoms. The minimum absolute atomic E-state index is 0.00394. The van der Waals surface area contributed by atoms with E-state index in [1.165, 1.54) is 13.3 Å². The Balaban J connectivity index is 3.12. The Morgan fingerprint density at radius 2 is 2.36 bits per heavy atom. The average molecular weight is 150 g/mol. The van der Waals surface area contributed by atoms with Crippen molar-refractivity contribution in [3.05, 3.63) is 23.8 Å². The van der Waals surface area contributed by atoms with Crippen molar-refractivity contribution in [2.24, 2.45) is 0 Å². The predicted molar refractivity (Wildman–Crippen MR) is 41.4 cm³/mol. The van der Waals surface area contributed by atoms with Crippen molar-refractivity contribution in [1.82, 2.24) is 9.97 Å². The first-order valence-electron chi connectivity index (χ1n) is 3.55. The molecule has 0 radical (unpaired) electrons. The molecule has 0 saturated carbocycles. The SMILES string of the molecule is CCc1cncnc1C(C)=O. The average Bonchev–Trinajstić information content (AvgIpc) is 2.04. The molecule has 0 unspecified atom stereocenters. The van der Waals surface area contributed by atoms with E-state index in [0.29, 0.717) is 5.69 Å². The van der Waals surface area contributed by atoms with Gasteiger partial charge in [0.2, 0.25) is 0 Å². The fraction of sp³-hybridized carbons (Fsp3) is 0.375. The van der Waals surface area contributed by atoms with E-state index in [-0.39, 0.29) is 5.78 Å². The number of aryl methyl sites for hydroxylation is 1. The first-order chi connectivity index (χ1) is 5.25. The van der Waals surface area contributed by atoms with Gasteiger partial charge < -0.3 is 0 Å². The van der Waals surface area contributed by atoms with E-state index in [9.17, 15) is 4.79 Å². The Hall–Kier alpha value is -1.25. The third-order valence-corrected chi connectivity index (χ3v) is 1.50. The van der Waals surface area contributed by atoms with E-state index in [0.717, 1.165) is 12.0 Å². The van der Waals surface area contributed by atoms with Crippen LogP contribution in [0, 0.1) is 0 Å². The van der Waals surface area contributed by atoms with E-state index < -0.39 is 0 Å². The summed E-state index contributed by atoms with van der Waals surface area (Å²) in [5, 5.41) is 0. The Labute approximate surface area is 65.5 Å². The highest BCUT2D eigenvalue weighted by Crippen LogP contribution is 2.04. The molecule has 0 fully saturated rings. The minimum atomic E-state index is 0.00394. The lowest BCUT2D eigenvalue weighted by molar-refractivity contribution is 0.101. The lowest BCUT2D eigenvalue weighted by Gasteiger charge is -1.99. The highest BCUT2D eigenvalue weighted by Gasteiger charge is 2.05. The highest BCUT2D eigenvalue weighted by atomic mass is 16.1. The molecule has 58 valence electrons. The zero-order valence-electron chi connectivity index (χ0n) is 6.66. The molecule has 11 heavy (non-hydrogen) atoms. The van der Waals surface area contributed by atoms with Crippen LogP contribution in [0.3, 0.4) is 0 Å². The number of aromatic nitrogens is 2. The van der Waals surface area contributed by atoms with Crippen LogP contribution in [0.5, 0.6) is 0 Å². The van der Waals surface area contributed by atoms with Crippen LogP contribution in [0.25, 0.3) is 0 Å². The Morgan fingerprint density at radius 3 is 2.82 bits per heavy atom. The molecule has 0 saturated heterocycles. The van der Waals surface area contributed by atoms with Crippen LogP contribution in [0.2, 0.25) is 0 Å². The fourth-order valence-electron chi connectivity index (χ4n) is 0.934. The molecule has 0 bridgehead atoms. The first-order valence-corrected chi connectivity index (χ1v) is 3.55. The maximum Gasteiger partial charge on any atom is 0.178 e. The van der Waals surface area contributed by atoms with Gasteiger partial charge >= 0.3 is 0 Å². The number of ketones is 1. The van der Waals surface area contributed by atoms with Gasteiger partial charge in [-0.3, -0.25) is 4.79 Å². The number of nitrogens with zero attached hydrogens (tertiary/aromatic N) is 2. The molecule has 3 nitrogen and oxygen atoms in total. The third-order valence-electron chi connectivity index (χ3n) is 1.50. The number of hydrogen-bond donors (Lipinski definition) is 0. The Bertz CT molecular complexity index is 271. The molecule has 0 aliphatic rings. The number of hydrogen-bond acceptors (Lipinski definition) is 3. The molecule has 0 amide bonds. The second-order valence-electron chi connectivity index (χ2n) is 2.31. The Kier molecular flexibility index (Phi) is 2.31. The normalized spacial score (nSPS) is 9.64. The van der Waals surface area contributed by atoms with Crippen LogP contribution in [0.15, 0.2) is 12.5 Å². The van der Waals surface area contributed by atoms with Crippen LogP contribution >= 0.6 is 0 Å². The van der Waals surface area contributed by atoms with Gasteiger partial charge in [-0.15, -0.1) is 0 Å². The Morgan fingerprint density at radius 1 is 1.64 bits per heavy atom. The molecule has 0 aromatic carbocycles. The van der Waals surface area contributed by atoms with Gasteiger partial charge in [0.1, 0.15) is 12.0 Å². The zero-order chi connectivity index (χ0) is 8.27. The largest absolute Gasteiger partial charge is 0.293 e. The molecule has 0 aliphatic heterocycles. The summed E-state index contributed by atoms with van der Waals surface area (Å²) in [7, 11) is 0. The van der Waals surface area contributed by atoms with E-state index in [1.54, 1.807) is 6.20 Å². The summed E-state index contributed by atoms with van der Waals surface area (Å²) in [6, 6.07) is 0. The monoisotopic (exact) mass is 150 g/mol. The molecular weight excluding hydrogens is 140 g/mol. The van der Waals surface area contributed by atoms with Gasteiger partial charge in [0.15, 0.2) is 5.78 Å². The lowest BCUT2D eigenvalue weighted by Crippen LogP contribution is -2.02. The van der Waals surface area contributed by atoms with Gasteiger partial charge in [-0.05, 0) is 12.0 Å². The van der Waals surface area contributed by atoms with Gasteiger partial charge in [0, 0.05) is 13.1 Å². The number of rotatable bonds is 2. The van der Waals surface area contributed by atoms with Crippen molar-refractivity contribution in [2.75, 3.05) is 0 Å². The van der Waals surface area contributed by atoms with Crippen LogP contribution in [0.4, 0.5) is 0 Å². The van der Waals surface area contributed by atoms with Crippen molar-refractivity contribution in [1.29, 1.82) is 0 Å². The zero-order valence-corrected chi connectivity index (χ0v) is 6.66. The predicted octanol–water partition coefficient (Wildman–Crippen LogP) is 1.24. The van der Waals surface area contributed by atoms with Gasteiger partial charge in [0.05, 0.1) is 0 Å². The minimum Gasteiger partial charge on any atom is -0.293 e. The number of Topliss-reactive ketones (excluding diaryl/α,β-unsaturated/α-hetero) is 1. The summed E-state index contributed by atoms with van der Waals surface area (Å²) >= 11 is 0. The molecule has 1 heterocycles. The van der Waals surface area contributed by atoms with Crippen LogP contribution < -0.4 is 0 Å². The molecular formula is C8H10N2O. The van der Waals surface area contributed by atoms with Crippen molar-refractivity contribution >= 4 is 5.78 Å². The van der Waals surface area contributed by atoms with E-state index >= 15 is 0 Å². The van der Waals surface area contributed by atoms with Crippen molar-refractivity contribution in [3.8, 4) is 0 Å². The summed E-state index contributed by atoms with van der Waals surface area (Å²) in [4.78, 5) is 18.7. The van der Waals surface area contributed by atoms with Gasteiger partial charge in [-0.2, -0.15) is 0 Å². The summed E-state index contributed by atoms with van der Waals surface area (Å²) in [6.45, 7) is 3.49. The first kappa shape index (κ1) is 7.85.